The van der Waals surface area contributed by atoms with Crippen molar-refractivity contribution < 1.29 is 5.11 Å². The Morgan fingerprint density at radius 3 is 2.64 bits per heavy atom. The van der Waals surface area contributed by atoms with Gasteiger partial charge in [0, 0.05) is 0 Å². The minimum absolute atomic E-state index is 0.329. The standard InChI is InChI=1S/C12H17BrO/c1-4-5-8(2)10-7-11(13)12(14)6-9(10)3/h6-8,14H,4-5H2,1-3H3. The normalized spacial score (nSPS) is 12.9. The molecule has 1 aromatic rings. The molecule has 0 saturated carbocycles. The van der Waals surface area contributed by atoms with Gasteiger partial charge < -0.3 is 5.11 Å². The van der Waals surface area contributed by atoms with E-state index in [1.807, 2.05) is 19.1 Å². The highest BCUT2D eigenvalue weighted by atomic mass is 79.9. The molecule has 1 unspecified atom stereocenters. The number of hydrogen-bond acceptors (Lipinski definition) is 1. The van der Waals surface area contributed by atoms with E-state index in [2.05, 4.69) is 29.8 Å². The van der Waals surface area contributed by atoms with Crippen molar-refractivity contribution in [2.45, 2.75) is 39.5 Å². The quantitative estimate of drug-likeness (QED) is 0.852. The molecule has 0 aliphatic rings. The molecule has 0 spiro atoms. The maximum atomic E-state index is 9.49. The van der Waals surface area contributed by atoms with Crippen LogP contribution in [0.1, 0.15) is 43.7 Å². The predicted octanol–water partition coefficient (Wildman–Crippen LogP) is 4.37. The highest BCUT2D eigenvalue weighted by Gasteiger charge is 2.10. The van der Waals surface area contributed by atoms with Gasteiger partial charge in [-0.1, -0.05) is 20.3 Å². The molecule has 0 amide bonds. The van der Waals surface area contributed by atoms with E-state index < -0.39 is 0 Å². The van der Waals surface area contributed by atoms with Crippen molar-refractivity contribution in [3.63, 3.8) is 0 Å². The van der Waals surface area contributed by atoms with E-state index in [0.717, 1.165) is 4.47 Å². The fraction of sp³-hybridized carbons (Fsp3) is 0.500. The number of phenols is 1. The summed E-state index contributed by atoms with van der Waals surface area (Å²) in [5.41, 5.74) is 2.50. The Morgan fingerprint density at radius 2 is 2.07 bits per heavy atom. The van der Waals surface area contributed by atoms with Gasteiger partial charge in [-0.15, -0.1) is 0 Å². The topological polar surface area (TPSA) is 20.2 Å². The second-order valence-corrected chi connectivity index (χ2v) is 4.70. The molecule has 1 N–H and O–H groups in total. The number of rotatable bonds is 3. The lowest BCUT2D eigenvalue weighted by molar-refractivity contribution is 0.470. The van der Waals surface area contributed by atoms with Crippen LogP contribution in [0.15, 0.2) is 16.6 Å². The Bertz CT molecular complexity index is 320. The summed E-state index contributed by atoms with van der Waals surface area (Å²) in [7, 11) is 0. The maximum absolute atomic E-state index is 9.49. The molecule has 0 heterocycles. The van der Waals surface area contributed by atoms with Crippen LogP contribution in [0.4, 0.5) is 0 Å². The summed E-state index contributed by atoms with van der Waals surface area (Å²) in [4.78, 5) is 0. The van der Waals surface area contributed by atoms with Gasteiger partial charge in [-0.2, -0.15) is 0 Å². The first-order chi connectivity index (χ1) is 6.56. The minimum atomic E-state index is 0.329. The third kappa shape index (κ3) is 2.50. The van der Waals surface area contributed by atoms with Crippen molar-refractivity contribution in [1.82, 2.24) is 0 Å². The van der Waals surface area contributed by atoms with Gasteiger partial charge in [0.15, 0.2) is 0 Å². The zero-order valence-electron chi connectivity index (χ0n) is 8.97. The Hall–Kier alpha value is -0.500. The van der Waals surface area contributed by atoms with E-state index in [4.69, 9.17) is 0 Å². The lowest BCUT2D eigenvalue weighted by Crippen LogP contribution is -1.96. The lowest BCUT2D eigenvalue weighted by atomic mass is 9.93. The summed E-state index contributed by atoms with van der Waals surface area (Å²) >= 11 is 3.35. The van der Waals surface area contributed by atoms with Crippen LogP contribution in [-0.2, 0) is 0 Å². The molecular weight excluding hydrogens is 240 g/mol. The molecule has 14 heavy (non-hydrogen) atoms. The molecule has 0 saturated heterocycles. The number of halogens is 1. The smallest absolute Gasteiger partial charge is 0.130 e. The van der Waals surface area contributed by atoms with Gasteiger partial charge in [0.1, 0.15) is 5.75 Å². The number of hydrogen-bond donors (Lipinski definition) is 1. The van der Waals surface area contributed by atoms with E-state index in [1.165, 1.54) is 24.0 Å². The summed E-state index contributed by atoms with van der Waals surface area (Å²) in [6.45, 7) is 6.48. The van der Waals surface area contributed by atoms with Crippen LogP contribution in [-0.4, -0.2) is 5.11 Å². The van der Waals surface area contributed by atoms with Crippen molar-refractivity contribution in [2.75, 3.05) is 0 Å². The van der Waals surface area contributed by atoms with Crippen molar-refractivity contribution in [3.05, 3.63) is 27.7 Å². The molecule has 0 fully saturated rings. The van der Waals surface area contributed by atoms with Crippen molar-refractivity contribution in [1.29, 1.82) is 0 Å². The number of aromatic hydroxyl groups is 1. The van der Waals surface area contributed by atoms with Gasteiger partial charge in [0.25, 0.3) is 0 Å². The average molecular weight is 257 g/mol. The summed E-state index contributed by atoms with van der Waals surface area (Å²) < 4.78 is 0.793. The van der Waals surface area contributed by atoms with Gasteiger partial charge in [-0.3, -0.25) is 0 Å². The van der Waals surface area contributed by atoms with Gasteiger partial charge in [0.05, 0.1) is 4.47 Å². The zero-order chi connectivity index (χ0) is 10.7. The molecule has 1 rings (SSSR count). The van der Waals surface area contributed by atoms with Crippen LogP contribution in [0.25, 0.3) is 0 Å². The van der Waals surface area contributed by atoms with E-state index in [9.17, 15) is 5.11 Å². The first-order valence-corrected chi connectivity index (χ1v) is 5.84. The highest BCUT2D eigenvalue weighted by Crippen LogP contribution is 2.32. The number of benzene rings is 1. The Balaban J connectivity index is 3.02. The van der Waals surface area contributed by atoms with Crippen LogP contribution in [0.3, 0.4) is 0 Å². The molecule has 0 aromatic heterocycles. The Labute approximate surface area is 94.3 Å². The molecule has 0 bridgehead atoms. The monoisotopic (exact) mass is 256 g/mol. The number of phenolic OH excluding ortho intramolecular Hbond substituents is 1. The SMILES string of the molecule is CCCC(C)c1cc(Br)c(O)cc1C. The first-order valence-electron chi connectivity index (χ1n) is 5.05. The zero-order valence-corrected chi connectivity index (χ0v) is 10.6. The summed E-state index contributed by atoms with van der Waals surface area (Å²) in [6.07, 6.45) is 2.39. The third-order valence-corrected chi connectivity index (χ3v) is 3.22. The van der Waals surface area contributed by atoms with Crippen LogP contribution in [0.2, 0.25) is 0 Å². The summed E-state index contributed by atoms with van der Waals surface area (Å²) in [5, 5.41) is 9.49. The summed E-state index contributed by atoms with van der Waals surface area (Å²) in [5.74, 6) is 0.895. The van der Waals surface area contributed by atoms with E-state index in [1.54, 1.807) is 0 Å². The Kier molecular flexibility index (Phi) is 3.99. The molecule has 1 atom stereocenters. The largest absolute Gasteiger partial charge is 0.507 e. The van der Waals surface area contributed by atoms with Crippen molar-refractivity contribution in [3.8, 4) is 5.75 Å². The summed E-state index contributed by atoms with van der Waals surface area (Å²) in [6, 6.07) is 3.86. The molecule has 1 nitrogen and oxygen atoms in total. The first kappa shape index (κ1) is 11.6. The van der Waals surface area contributed by atoms with Crippen LogP contribution < -0.4 is 0 Å². The second-order valence-electron chi connectivity index (χ2n) is 3.85. The molecule has 1 aromatic carbocycles. The molecule has 0 aliphatic carbocycles. The Morgan fingerprint density at radius 1 is 1.43 bits per heavy atom. The van der Waals surface area contributed by atoms with Gasteiger partial charge in [-0.25, -0.2) is 0 Å². The third-order valence-electron chi connectivity index (χ3n) is 2.59. The van der Waals surface area contributed by atoms with Crippen LogP contribution >= 0.6 is 15.9 Å². The molecule has 0 aliphatic heterocycles. The van der Waals surface area contributed by atoms with Gasteiger partial charge >= 0.3 is 0 Å². The minimum Gasteiger partial charge on any atom is -0.507 e. The van der Waals surface area contributed by atoms with E-state index in [-0.39, 0.29) is 0 Å². The number of aryl methyl sites for hydroxylation is 1. The molecule has 78 valence electrons. The highest BCUT2D eigenvalue weighted by molar-refractivity contribution is 9.10. The fourth-order valence-corrected chi connectivity index (χ4v) is 2.16. The maximum Gasteiger partial charge on any atom is 0.130 e. The fourth-order valence-electron chi connectivity index (χ4n) is 1.80. The van der Waals surface area contributed by atoms with Crippen molar-refractivity contribution in [2.24, 2.45) is 0 Å². The average Bonchev–Trinajstić information content (AvgIpc) is 2.11. The van der Waals surface area contributed by atoms with Gasteiger partial charge in [0.2, 0.25) is 0 Å². The lowest BCUT2D eigenvalue weighted by Gasteiger charge is -2.14. The molecule has 0 radical (unpaired) electrons. The van der Waals surface area contributed by atoms with Crippen LogP contribution in [0.5, 0.6) is 5.75 Å². The van der Waals surface area contributed by atoms with E-state index in [0.29, 0.717) is 11.7 Å². The molecule has 2 heteroatoms. The molecular formula is C12H17BrO. The van der Waals surface area contributed by atoms with Crippen molar-refractivity contribution >= 4 is 15.9 Å². The van der Waals surface area contributed by atoms with E-state index >= 15 is 0 Å². The second kappa shape index (κ2) is 4.83. The predicted molar refractivity (Wildman–Crippen MR) is 63.9 cm³/mol. The van der Waals surface area contributed by atoms with Crippen LogP contribution in [0, 0.1) is 6.92 Å². The van der Waals surface area contributed by atoms with Gasteiger partial charge in [-0.05, 0) is 58.5 Å².